The minimum atomic E-state index is -4.66. The number of aliphatic hydroxyl groups excluding tert-OH is 1. The summed E-state index contributed by atoms with van der Waals surface area (Å²) in [6, 6.07) is 14.4. The number of alkyl halides is 3. The van der Waals surface area contributed by atoms with Crippen LogP contribution < -0.4 is 9.64 Å². The highest BCUT2D eigenvalue weighted by Crippen LogP contribution is 2.40. The summed E-state index contributed by atoms with van der Waals surface area (Å²) >= 11 is 0. The number of hydrogen-bond acceptors (Lipinski definition) is 5. The molecule has 3 aromatic carbocycles. The zero-order valence-corrected chi connectivity index (χ0v) is 17.4. The summed E-state index contributed by atoms with van der Waals surface area (Å²) in [7, 11) is 0. The smallest absolute Gasteiger partial charge is 0.419 e. The van der Waals surface area contributed by atoms with Gasteiger partial charge in [-0.1, -0.05) is 24.3 Å². The number of phenols is 1. The van der Waals surface area contributed by atoms with Crippen LogP contribution in [0, 0.1) is 5.82 Å². The standard InChI is InChI=1S/C24H19F4NO5/c25-15-7-9-16(10-8-15)29-21(14-5-11-17(30)12-6-14)22(34-23(29)32)19(31)13-33-20-4-2-1-3-18(20)24(26,27)28/h1-12,19,21-22,30-31H,13H2/t19?,21-,22?/m1/s1. The summed E-state index contributed by atoms with van der Waals surface area (Å²) in [5.41, 5.74) is -0.260. The molecule has 178 valence electrons. The summed E-state index contributed by atoms with van der Waals surface area (Å²) in [6.07, 6.45) is -8.26. The molecule has 0 radical (unpaired) electrons. The number of aliphatic hydroxyl groups is 1. The topological polar surface area (TPSA) is 79.2 Å². The van der Waals surface area contributed by atoms with Crippen LogP contribution in [0.5, 0.6) is 11.5 Å². The van der Waals surface area contributed by atoms with Crippen LogP contribution >= 0.6 is 0 Å². The second-order valence-corrected chi connectivity index (χ2v) is 7.60. The van der Waals surface area contributed by atoms with Gasteiger partial charge in [0, 0.05) is 5.69 Å². The van der Waals surface area contributed by atoms with E-state index in [1.165, 1.54) is 53.4 Å². The molecule has 1 amide bonds. The van der Waals surface area contributed by atoms with Crippen molar-refractivity contribution in [3.63, 3.8) is 0 Å². The van der Waals surface area contributed by atoms with Crippen molar-refractivity contribution in [2.24, 2.45) is 0 Å². The van der Waals surface area contributed by atoms with Crippen LogP contribution in [0.2, 0.25) is 0 Å². The van der Waals surface area contributed by atoms with Crippen LogP contribution in [0.25, 0.3) is 0 Å². The summed E-state index contributed by atoms with van der Waals surface area (Å²) in [4.78, 5) is 13.9. The van der Waals surface area contributed by atoms with Gasteiger partial charge >= 0.3 is 12.3 Å². The first kappa shape index (κ1) is 23.4. The molecule has 1 aliphatic rings. The summed E-state index contributed by atoms with van der Waals surface area (Å²) < 4.78 is 63.8. The Hall–Kier alpha value is -3.79. The molecule has 0 spiro atoms. The third kappa shape index (κ3) is 4.76. The van der Waals surface area contributed by atoms with Gasteiger partial charge in [0.1, 0.15) is 36.1 Å². The van der Waals surface area contributed by atoms with Crippen molar-refractivity contribution in [1.82, 2.24) is 0 Å². The molecule has 6 nitrogen and oxygen atoms in total. The van der Waals surface area contributed by atoms with Crippen molar-refractivity contribution in [3.05, 3.63) is 89.7 Å². The fourth-order valence-electron chi connectivity index (χ4n) is 3.76. The van der Waals surface area contributed by atoms with Crippen LogP contribution in [-0.2, 0) is 10.9 Å². The number of para-hydroxylation sites is 1. The number of anilines is 1. The van der Waals surface area contributed by atoms with Crippen LogP contribution in [-0.4, -0.2) is 35.1 Å². The zero-order chi connectivity index (χ0) is 24.5. The fraction of sp³-hybridized carbons (Fsp3) is 0.208. The lowest BCUT2D eigenvalue weighted by molar-refractivity contribution is -0.139. The van der Waals surface area contributed by atoms with Gasteiger partial charge < -0.3 is 19.7 Å². The van der Waals surface area contributed by atoms with E-state index >= 15 is 0 Å². The molecule has 0 aliphatic carbocycles. The number of carbonyl (C=O) groups is 1. The number of ether oxygens (including phenoxy) is 2. The van der Waals surface area contributed by atoms with E-state index in [4.69, 9.17) is 9.47 Å². The van der Waals surface area contributed by atoms with Crippen molar-refractivity contribution in [1.29, 1.82) is 0 Å². The Labute approximate surface area is 191 Å². The Morgan fingerprint density at radius 2 is 1.65 bits per heavy atom. The van der Waals surface area contributed by atoms with E-state index in [2.05, 4.69) is 0 Å². The maximum absolute atomic E-state index is 13.4. The van der Waals surface area contributed by atoms with Crippen molar-refractivity contribution >= 4 is 11.8 Å². The lowest BCUT2D eigenvalue weighted by Crippen LogP contribution is -2.38. The molecule has 2 unspecified atom stereocenters. The Balaban J connectivity index is 1.62. The summed E-state index contributed by atoms with van der Waals surface area (Å²) in [5.74, 6) is -1.03. The van der Waals surface area contributed by atoms with Crippen LogP contribution in [0.1, 0.15) is 17.2 Å². The third-order valence-electron chi connectivity index (χ3n) is 5.34. The number of nitrogens with zero attached hydrogens (tertiary/aromatic N) is 1. The molecule has 10 heteroatoms. The number of rotatable bonds is 6. The average molecular weight is 477 g/mol. The molecule has 3 aromatic rings. The molecule has 2 N–H and O–H groups in total. The first-order valence-electron chi connectivity index (χ1n) is 10.2. The maximum Gasteiger partial charge on any atom is 0.419 e. The van der Waals surface area contributed by atoms with Gasteiger partial charge in [-0.15, -0.1) is 0 Å². The highest BCUT2D eigenvalue weighted by molar-refractivity contribution is 5.91. The van der Waals surface area contributed by atoms with Crippen molar-refractivity contribution in [2.75, 3.05) is 11.5 Å². The lowest BCUT2D eigenvalue weighted by Gasteiger charge is -2.27. The molecule has 0 bridgehead atoms. The molecule has 34 heavy (non-hydrogen) atoms. The van der Waals surface area contributed by atoms with E-state index < -0.39 is 54.3 Å². The maximum atomic E-state index is 13.4. The van der Waals surface area contributed by atoms with Gasteiger partial charge in [-0.2, -0.15) is 13.2 Å². The van der Waals surface area contributed by atoms with E-state index in [1.807, 2.05) is 0 Å². The van der Waals surface area contributed by atoms with Gasteiger partial charge in [-0.05, 0) is 54.1 Å². The molecule has 1 saturated heterocycles. The normalized spacial score (nSPS) is 19.1. The average Bonchev–Trinajstić information content (AvgIpc) is 3.15. The molecule has 3 atom stereocenters. The van der Waals surface area contributed by atoms with Crippen LogP contribution in [0.4, 0.5) is 28.0 Å². The van der Waals surface area contributed by atoms with Gasteiger partial charge in [-0.3, -0.25) is 4.90 Å². The number of cyclic esters (lactones) is 1. The molecular formula is C24H19F4NO5. The van der Waals surface area contributed by atoms with Crippen LogP contribution in [0.15, 0.2) is 72.8 Å². The fourth-order valence-corrected chi connectivity index (χ4v) is 3.76. The van der Waals surface area contributed by atoms with Crippen molar-refractivity contribution in [3.8, 4) is 11.5 Å². The van der Waals surface area contributed by atoms with E-state index in [0.29, 0.717) is 5.56 Å². The lowest BCUT2D eigenvalue weighted by atomic mass is 9.96. The van der Waals surface area contributed by atoms with E-state index in [0.717, 1.165) is 24.3 Å². The number of aromatic hydroxyl groups is 1. The molecule has 4 rings (SSSR count). The van der Waals surface area contributed by atoms with E-state index in [1.54, 1.807) is 0 Å². The second-order valence-electron chi connectivity index (χ2n) is 7.60. The quantitative estimate of drug-likeness (QED) is 0.486. The zero-order valence-electron chi connectivity index (χ0n) is 17.4. The second kappa shape index (κ2) is 9.22. The minimum Gasteiger partial charge on any atom is -0.508 e. The Kier molecular flexibility index (Phi) is 6.34. The Bertz CT molecular complexity index is 1150. The molecule has 0 saturated carbocycles. The van der Waals surface area contributed by atoms with Gasteiger partial charge in [0.05, 0.1) is 5.56 Å². The summed E-state index contributed by atoms with van der Waals surface area (Å²) in [5, 5.41) is 20.4. The number of benzene rings is 3. The molecule has 1 heterocycles. The summed E-state index contributed by atoms with van der Waals surface area (Å²) in [6.45, 7) is -0.600. The predicted molar refractivity (Wildman–Crippen MR) is 113 cm³/mol. The molecule has 1 fully saturated rings. The number of amides is 1. The van der Waals surface area contributed by atoms with E-state index in [9.17, 15) is 32.6 Å². The molecular weight excluding hydrogens is 458 g/mol. The molecule has 0 aromatic heterocycles. The monoisotopic (exact) mass is 477 g/mol. The highest BCUT2D eigenvalue weighted by atomic mass is 19.4. The predicted octanol–water partition coefficient (Wildman–Crippen LogP) is 5.06. The minimum absolute atomic E-state index is 0.0356. The third-order valence-corrected chi connectivity index (χ3v) is 5.34. The Morgan fingerprint density at radius 3 is 2.29 bits per heavy atom. The van der Waals surface area contributed by atoms with Crippen LogP contribution in [0.3, 0.4) is 0 Å². The Morgan fingerprint density at radius 1 is 1.00 bits per heavy atom. The number of carbonyl (C=O) groups excluding carboxylic acids is 1. The SMILES string of the molecule is O=C1OC(C(O)COc2ccccc2C(F)(F)F)[C@@H](c2ccc(O)cc2)N1c1ccc(F)cc1. The van der Waals surface area contributed by atoms with Gasteiger partial charge in [0.15, 0.2) is 6.10 Å². The first-order valence-corrected chi connectivity index (χ1v) is 10.2. The van der Waals surface area contributed by atoms with E-state index in [-0.39, 0.29) is 11.4 Å². The first-order chi connectivity index (χ1) is 16.1. The van der Waals surface area contributed by atoms with Gasteiger partial charge in [0.2, 0.25) is 0 Å². The number of hydrogen-bond donors (Lipinski definition) is 2. The van der Waals surface area contributed by atoms with Gasteiger partial charge in [-0.25, -0.2) is 9.18 Å². The highest BCUT2D eigenvalue weighted by Gasteiger charge is 2.47. The number of phenolic OH excluding ortho intramolecular Hbond substituents is 1. The number of halogens is 4. The molecule has 1 aliphatic heterocycles. The van der Waals surface area contributed by atoms with Crippen molar-refractivity contribution < 1.29 is 42.0 Å². The largest absolute Gasteiger partial charge is 0.508 e. The van der Waals surface area contributed by atoms with Gasteiger partial charge in [0.25, 0.3) is 0 Å². The van der Waals surface area contributed by atoms with Crippen molar-refractivity contribution in [2.45, 2.75) is 24.4 Å².